The van der Waals surface area contributed by atoms with Gasteiger partial charge in [-0.15, -0.1) is 0 Å². The van der Waals surface area contributed by atoms with Crippen molar-refractivity contribution >= 4 is 17.5 Å². The Kier molecular flexibility index (Phi) is 5.76. The van der Waals surface area contributed by atoms with Crippen molar-refractivity contribution < 1.29 is 4.79 Å². The standard InChI is InChI=1S/C14H22ClN3O/c1-14(2,3)11-8-10(9-12(15)18-11)13(19)17-7-5-4-6-16/h8-9H,4-7,16H2,1-3H3,(H,17,19). The van der Waals surface area contributed by atoms with Gasteiger partial charge in [-0.1, -0.05) is 32.4 Å². The van der Waals surface area contributed by atoms with E-state index in [0.717, 1.165) is 18.5 Å². The molecule has 0 aliphatic rings. The third-order valence-corrected chi connectivity index (χ3v) is 2.93. The summed E-state index contributed by atoms with van der Waals surface area (Å²) in [5.74, 6) is -0.119. The van der Waals surface area contributed by atoms with E-state index in [-0.39, 0.29) is 11.3 Å². The van der Waals surface area contributed by atoms with Crippen LogP contribution >= 0.6 is 11.6 Å². The fraction of sp³-hybridized carbons (Fsp3) is 0.571. The molecular weight excluding hydrogens is 262 g/mol. The summed E-state index contributed by atoms with van der Waals surface area (Å²) in [6.07, 6.45) is 1.79. The van der Waals surface area contributed by atoms with Crippen LogP contribution in [0, 0.1) is 0 Å². The average molecular weight is 284 g/mol. The van der Waals surface area contributed by atoms with Crippen molar-refractivity contribution in [3.05, 3.63) is 28.5 Å². The Morgan fingerprint density at radius 2 is 2.05 bits per heavy atom. The summed E-state index contributed by atoms with van der Waals surface area (Å²) in [5.41, 5.74) is 6.63. The largest absolute Gasteiger partial charge is 0.352 e. The van der Waals surface area contributed by atoms with Gasteiger partial charge in [0.1, 0.15) is 5.15 Å². The third-order valence-electron chi connectivity index (χ3n) is 2.74. The van der Waals surface area contributed by atoms with Crippen LogP contribution < -0.4 is 11.1 Å². The minimum absolute atomic E-state index is 0.119. The molecule has 1 heterocycles. The normalized spacial score (nSPS) is 11.4. The molecule has 1 amide bonds. The summed E-state index contributed by atoms with van der Waals surface area (Å²) in [5, 5.41) is 3.21. The van der Waals surface area contributed by atoms with Crippen LogP contribution in [-0.4, -0.2) is 24.0 Å². The molecule has 106 valence electrons. The van der Waals surface area contributed by atoms with Crippen LogP contribution in [0.25, 0.3) is 0 Å². The smallest absolute Gasteiger partial charge is 0.251 e. The summed E-state index contributed by atoms with van der Waals surface area (Å²) in [6, 6.07) is 3.39. The summed E-state index contributed by atoms with van der Waals surface area (Å²) >= 11 is 5.98. The monoisotopic (exact) mass is 283 g/mol. The quantitative estimate of drug-likeness (QED) is 0.644. The molecule has 1 aromatic heterocycles. The minimum atomic E-state index is -0.139. The van der Waals surface area contributed by atoms with E-state index in [0.29, 0.717) is 23.8 Å². The highest BCUT2D eigenvalue weighted by atomic mass is 35.5. The highest BCUT2D eigenvalue weighted by molar-refractivity contribution is 6.29. The molecular formula is C14H22ClN3O. The van der Waals surface area contributed by atoms with Gasteiger partial charge in [-0.25, -0.2) is 4.98 Å². The van der Waals surface area contributed by atoms with Crippen LogP contribution in [-0.2, 0) is 5.41 Å². The molecule has 3 N–H and O–H groups in total. The molecule has 0 atom stereocenters. The number of amides is 1. The maximum atomic E-state index is 12.0. The van der Waals surface area contributed by atoms with Gasteiger partial charge in [0.25, 0.3) is 5.91 Å². The van der Waals surface area contributed by atoms with Crippen molar-refractivity contribution in [2.45, 2.75) is 39.0 Å². The summed E-state index contributed by atoms with van der Waals surface area (Å²) in [6.45, 7) is 7.38. The van der Waals surface area contributed by atoms with Crippen molar-refractivity contribution in [1.82, 2.24) is 10.3 Å². The lowest BCUT2D eigenvalue weighted by molar-refractivity contribution is 0.0953. The number of nitrogens with zero attached hydrogens (tertiary/aromatic N) is 1. The van der Waals surface area contributed by atoms with Crippen LogP contribution in [0.2, 0.25) is 5.15 Å². The lowest BCUT2D eigenvalue weighted by Crippen LogP contribution is -2.26. The molecule has 1 aromatic rings. The molecule has 0 aromatic carbocycles. The van der Waals surface area contributed by atoms with Gasteiger partial charge >= 0.3 is 0 Å². The van der Waals surface area contributed by atoms with Crippen molar-refractivity contribution in [3.63, 3.8) is 0 Å². The zero-order valence-electron chi connectivity index (χ0n) is 11.8. The highest BCUT2D eigenvalue weighted by Gasteiger charge is 2.18. The van der Waals surface area contributed by atoms with Crippen LogP contribution in [0.15, 0.2) is 12.1 Å². The first-order valence-corrected chi connectivity index (χ1v) is 6.88. The lowest BCUT2D eigenvalue weighted by Gasteiger charge is -2.18. The number of unbranched alkanes of at least 4 members (excludes halogenated alkanes) is 1. The summed E-state index contributed by atoms with van der Waals surface area (Å²) in [7, 11) is 0. The molecule has 5 heteroatoms. The van der Waals surface area contributed by atoms with Gasteiger partial charge in [-0.3, -0.25) is 4.79 Å². The van der Waals surface area contributed by atoms with E-state index in [1.165, 1.54) is 0 Å². The van der Waals surface area contributed by atoms with E-state index in [1.54, 1.807) is 12.1 Å². The maximum absolute atomic E-state index is 12.0. The van der Waals surface area contributed by atoms with Gasteiger partial charge in [0.2, 0.25) is 0 Å². The molecule has 0 saturated carbocycles. The zero-order chi connectivity index (χ0) is 14.5. The minimum Gasteiger partial charge on any atom is -0.352 e. The Bertz CT molecular complexity index is 441. The second kappa shape index (κ2) is 6.87. The number of nitrogens with one attached hydrogen (secondary N) is 1. The maximum Gasteiger partial charge on any atom is 0.251 e. The molecule has 0 bridgehead atoms. The number of aromatic nitrogens is 1. The third kappa shape index (κ3) is 5.17. The Hall–Kier alpha value is -1.13. The molecule has 1 rings (SSSR count). The fourth-order valence-electron chi connectivity index (χ4n) is 1.59. The first-order chi connectivity index (χ1) is 8.84. The Balaban J connectivity index is 2.77. The van der Waals surface area contributed by atoms with Gasteiger partial charge in [0.05, 0.1) is 0 Å². The molecule has 4 nitrogen and oxygen atoms in total. The molecule has 0 radical (unpaired) electrons. The summed E-state index contributed by atoms with van der Waals surface area (Å²) in [4.78, 5) is 16.3. The number of nitrogens with two attached hydrogens (primary N) is 1. The van der Waals surface area contributed by atoms with Crippen LogP contribution in [0.5, 0.6) is 0 Å². The Morgan fingerprint density at radius 3 is 2.63 bits per heavy atom. The number of pyridine rings is 1. The van der Waals surface area contributed by atoms with E-state index in [9.17, 15) is 4.79 Å². The second-order valence-corrected chi connectivity index (χ2v) is 5.95. The number of carbonyl (C=O) groups is 1. The van der Waals surface area contributed by atoms with Crippen molar-refractivity contribution in [1.29, 1.82) is 0 Å². The van der Waals surface area contributed by atoms with Gasteiger partial charge in [-0.2, -0.15) is 0 Å². The molecule has 0 spiro atoms. The average Bonchev–Trinajstić information content (AvgIpc) is 2.32. The van der Waals surface area contributed by atoms with Crippen LogP contribution in [0.4, 0.5) is 0 Å². The summed E-state index contributed by atoms with van der Waals surface area (Å²) < 4.78 is 0. The van der Waals surface area contributed by atoms with Crippen molar-refractivity contribution in [3.8, 4) is 0 Å². The predicted molar refractivity (Wildman–Crippen MR) is 78.6 cm³/mol. The number of rotatable bonds is 5. The molecule has 0 aliphatic heterocycles. The molecule has 0 unspecified atom stereocenters. The van der Waals surface area contributed by atoms with E-state index in [1.807, 2.05) is 20.8 Å². The lowest BCUT2D eigenvalue weighted by atomic mass is 9.91. The van der Waals surface area contributed by atoms with E-state index in [4.69, 9.17) is 17.3 Å². The fourth-order valence-corrected chi connectivity index (χ4v) is 1.79. The van der Waals surface area contributed by atoms with Gasteiger partial charge in [-0.05, 0) is 31.5 Å². The molecule has 0 saturated heterocycles. The predicted octanol–water partition coefficient (Wildman–Crippen LogP) is 2.50. The van der Waals surface area contributed by atoms with Crippen LogP contribution in [0.1, 0.15) is 49.7 Å². The number of hydrogen-bond acceptors (Lipinski definition) is 3. The van der Waals surface area contributed by atoms with Gasteiger partial charge < -0.3 is 11.1 Å². The van der Waals surface area contributed by atoms with E-state index in [2.05, 4.69) is 10.3 Å². The molecule has 19 heavy (non-hydrogen) atoms. The van der Waals surface area contributed by atoms with E-state index < -0.39 is 0 Å². The number of halogens is 1. The SMILES string of the molecule is CC(C)(C)c1cc(C(=O)NCCCCN)cc(Cl)n1. The second-order valence-electron chi connectivity index (χ2n) is 5.57. The van der Waals surface area contributed by atoms with Crippen molar-refractivity contribution in [2.24, 2.45) is 5.73 Å². The highest BCUT2D eigenvalue weighted by Crippen LogP contribution is 2.23. The topological polar surface area (TPSA) is 68.0 Å². The Labute approximate surface area is 119 Å². The van der Waals surface area contributed by atoms with Gasteiger partial charge in [0.15, 0.2) is 0 Å². The van der Waals surface area contributed by atoms with E-state index >= 15 is 0 Å². The van der Waals surface area contributed by atoms with Crippen LogP contribution in [0.3, 0.4) is 0 Å². The number of carbonyl (C=O) groups excluding carboxylic acids is 1. The van der Waals surface area contributed by atoms with Crippen molar-refractivity contribution in [2.75, 3.05) is 13.1 Å². The first kappa shape index (κ1) is 15.9. The Morgan fingerprint density at radius 1 is 1.37 bits per heavy atom. The first-order valence-electron chi connectivity index (χ1n) is 6.51. The van der Waals surface area contributed by atoms with Gasteiger partial charge in [0, 0.05) is 23.2 Å². The molecule has 0 aliphatic carbocycles. The number of hydrogen-bond donors (Lipinski definition) is 2. The molecule has 0 fully saturated rings. The zero-order valence-corrected chi connectivity index (χ0v) is 12.5.